The Labute approximate surface area is 230 Å². The van der Waals surface area contributed by atoms with Gasteiger partial charge in [0.05, 0.1) is 10.5 Å². The largest absolute Gasteiger partial charge is 0.444 e. The second-order valence-electron chi connectivity index (χ2n) is 10.6. The van der Waals surface area contributed by atoms with Crippen molar-refractivity contribution in [1.29, 1.82) is 0 Å². The van der Waals surface area contributed by atoms with Crippen LogP contribution in [0.1, 0.15) is 44.7 Å². The lowest BCUT2D eigenvalue weighted by atomic mass is 10.1. The molecule has 0 saturated carbocycles. The Morgan fingerprint density at radius 2 is 1.73 bits per heavy atom. The Morgan fingerprint density at radius 3 is 2.27 bits per heavy atom. The van der Waals surface area contributed by atoms with Crippen LogP contribution >= 0.6 is 0 Å². The van der Waals surface area contributed by atoms with Crippen molar-refractivity contribution in [1.82, 2.24) is 29.4 Å². The topological polar surface area (TPSA) is 111 Å². The van der Waals surface area contributed by atoms with Gasteiger partial charge in [0, 0.05) is 38.3 Å². The fraction of sp³-hybridized carbons (Fsp3) is 0.462. The van der Waals surface area contributed by atoms with Crippen molar-refractivity contribution >= 4 is 16.1 Å². The number of piperidine rings is 1. The van der Waals surface area contributed by atoms with Gasteiger partial charge in [-0.1, -0.05) is 24.3 Å². The number of nitrogens with zero attached hydrogens (tertiary/aromatic N) is 6. The Morgan fingerprint density at radius 1 is 1.07 bits per heavy atom. The first-order chi connectivity index (χ1) is 18.6. The molecule has 1 amide bonds. The van der Waals surface area contributed by atoms with Crippen LogP contribution in [0, 0.1) is 0 Å². The molecule has 0 radical (unpaired) electrons. The molecule has 0 bridgehead atoms. The van der Waals surface area contributed by atoms with Gasteiger partial charge in [0.2, 0.25) is 10.0 Å². The van der Waals surface area contributed by atoms with Crippen molar-refractivity contribution in [2.45, 2.75) is 62.9 Å². The zero-order valence-corrected chi connectivity index (χ0v) is 23.4. The number of ether oxygens (including phenoxy) is 1. The minimum absolute atomic E-state index is 0.0620. The fourth-order valence-electron chi connectivity index (χ4n) is 4.46. The average Bonchev–Trinajstić information content (AvgIpc) is 3.32. The lowest BCUT2D eigenvalue weighted by Crippen LogP contribution is -2.52. The number of rotatable bonds is 6. The van der Waals surface area contributed by atoms with E-state index in [4.69, 9.17) is 4.74 Å². The Kier molecular flexibility index (Phi) is 8.22. The maximum absolute atomic E-state index is 13.9. The Hall–Kier alpha value is -3.52. The number of alkyl halides is 3. The predicted molar refractivity (Wildman–Crippen MR) is 139 cm³/mol. The SMILES string of the molecule is Cn1nnnc1-c1ccc(CN(C2CCCN(C(=O)OC(C)(C)C)C2)S(=O)(=O)c2ccc(C(F)(F)F)cc2)cc1. The second-order valence-corrected chi connectivity index (χ2v) is 12.5. The van der Waals surface area contributed by atoms with Gasteiger partial charge in [-0.25, -0.2) is 17.9 Å². The van der Waals surface area contributed by atoms with Crippen molar-refractivity contribution in [3.05, 3.63) is 59.7 Å². The standard InChI is InChI=1S/C26H31F3N6O4S/c1-25(2,3)39-24(36)34-15-5-6-21(17-34)35(40(37,38)22-13-11-20(12-14-22)26(27,28)29)16-18-7-9-19(10-8-18)23-30-31-32-33(23)4/h7-14,21H,5-6,15-17H2,1-4H3. The van der Waals surface area contributed by atoms with Crippen LogP contribution < -0.4 is 0 Å². The molecule has 1 aliphatic heterocycles. The first-order valence-electron chi connectivity index (χ1n) is 12.6. The molecule has 2 aromatic carbocycles. The number of carbonyl (C=O) groups is 1. The number of aryl methyl sites for hydroxylation is 1. The van der Waals surface area contributed by atoms with Crippen LogP contribution in [0.25, 0.3) is 11.4 Å². The highest BCUT2D eigenvalue weighted by molar-refractivity contribution is 7.89. The number of hydrogen-bond donors (Lipinski definition) is 0. The van der Waals surface area contributed by atoms with E-state index in [0.717, 1.165) is 29.8 Å². The van der Waals surface area contributed by atoms with Crippen LogP contribution in [0.4, 0.5) is 18.0 Å². The molecule has 3 aromatic rings. The van der Waals surface area contributed by atoms with Crippen molar-refractivity contribution in [3.8, 4) is 11.4 Å². The zero-order valence-electron chi connectivity index (χ0n) is 22.6. The van der Waals surface area contributed by atoms with Gasteiger partial charge in [0.1, 0.15) is 5.60 Å². The number of carbonyl (C=O) groups excluding carboxylic acids is 1. The summed E-state index contributed by atoms with van der Waals surface area (Å²) in [7, 11) is -2.56. The number of hydrogen-bond acceptors (Lipinski definition) is 7. The summed E-state index contributed by atoms with van der Waals surface area (Å²) in [6.45, 7) is 5.66. The van der Waals surface area contributed by atoms with Crippen molar-refractivity contribution in [2.75, 3.05) is 13.1 Å². The van der Waals surface area contributed by atoms with Gasteiger partial charge >= 0.3 is 12.3 Å². The normalized spacial score (nSPS) is 16.8. The third-order valence-electron chi connectivity index (χ3n) is 6.41. The molecule has 1 unspecified atom stereocenters. The highest BCUT2D eigenvalue weighted by Gasteiger charge is 2.37. The number of benzene rings is 2. The zero-order chi connectivity index (χ0) is 29.3. The van der Waals surface area contributed by atoms with Crippen molar-refractivity contribution < 1.29 is 31.1 Å². The van der Waals surface area contributed by atoms with E-state index in [1.807, 2.05) is 0 Å². The maximum atomic E-state index is 13.9. The summed E-state index contributed by atoms with van der Waals surface area (Å²) in [6, 6.07) is 9.81. The van der Waals surface area contributed by atoms with Gasteiger partial charge in [-0.3, -0.25) is 0 Å². The van der Waals surface area contributed by atoms with E-state index in [9.17, 15) is 26.4 Å². The molecule has 10 nitrogen and oxygen atoms in total. The van der Waals surface area contributed by atoms with Crippen LogP contribution in [-0.2, 0) is 34.5 Å². The maximum Gasteiger partial charge on any atom is 0.416 e. The summed E-state index contributed by atoms with van der Waals surface area (Å²) in [5.74, 6) is 0.529. The lowest BCUT2D eigenvalue weighted by molar-refractivity contribution is -0.137. The molecule has 0 aliphatic carbocycles. The summed E-state index contributed by atoms with van der Waals surface area (Å²) < 4.78 is 75.4. The molecule has 14 heteroatoms. The highest BCUT2D eigenvalue weighted by Crippen LogP contribution is 2.32. The molecule has 0 spiro atoms. The molecule has 1 fully saturated rings. The van der Waals surface area contributed by atoms with E-state index >= 15 is 0 Å². The van der Waals surface area contributed by atoms with E-state index in [0.29, 0.717) is 30.8 Å². The molecule has 4 rings (SSSR count). The molecule has 1 aromatic heterocycles. The van der Waals surface area contributed by atoms with Crippen molar-refractivity contribution in [2.24, 2.45) is 7.05 Å². The summed E-state index contributed by atoms with van der Waals surface area (Å²) in [5.41, 5.74) is -0.303. The number of likely N-dealkylation sites (tertiary alicyclic amines) is 1. The van der Waals surface area contributed by atoms with Gasteiger partial charge in [-0.2, -0.15) is 17.5 Å². The summed E-state index contributed by atoms with van der Waals surface area (Å²) in [5, 5.41) is 11.4. The number of halogens is 3. The monoisotopic (exact) mass is 580 g/mol. The number of tetrazole rings is 1. The van der Waals surface area contributed by atoms with Gasteiger partial charge < -0.3 is 9.64 Å². The average molecular weight is 581 g/mol. The van der Waals surface area contributed by atoms with Gasteiger partial charge in [-0.05, 0) is 73.9 Å². The smallest absolute Gasteiger partial charge is 0.416 e. The molecule has 40 heavy (non-hydrogen) atoms. The van der Waals surface area contributed by atoms with Crippen molar-refractivity contribution in [3.63, 3.8) is 0 Å². The third-order valence-corrected chi connectivity index (χ3v) is 8.33. The lowest BCUT2D eigenvalue weighted by Gasteiger charge is -2.39. The van der Waals surface area contributed by atoms with Gasteiger partial charge in [0.15, 0.2) is 5.82 Å². The molecule has 216 valence electrons. The minimum Gasteiger partial charge on any atom is -0.444 e. The van der Waals surface area contributed by atoms with Crippen LogP contribution in [-0.4, -0.2) is 68.7 Å². The van der Waals surface area contributed by atoms with E-state index in [2.05, 4.69) is 15.5 Å². The molecular weight excluding hydrogens is 549 g/mol. The Bertz CT molecular complexity index is 1430. The molecule has 2 heterocycles. The molecule has 1 saturated heterocycles. The van der Waals surface area contributed by atoms with E-state index in [1.165, 1.54) is 13.9 Å². The van der Waals surface area contributed by atoms with Gasteiger partial charge in [-0.15, -0.1) is 5.10 Å². The van der Waals surface area contributed by atoms with E-state index < -0.39 is 39.5 Å². The quantitative estimate of drug-likeness (QED) is 0.423. The van der Waals surface area contributed by atoms with E-state index in [-0.39, 0.29) is 18.0 Å². The summed E-state index contributed by atoms with van der Waals surface area (Å²) in [4.78, 5) is 14.0. The second kappa shape index (κ2) is 11.2. The van der Waals surface area contributed by atoms with Crippen LogP contribution in [0.3, 0.4) is 0 Å². The number of amides is 1. The Balaban J connectivity index is 1.66. The third kappa shape index (κ3) is 6.78. The summed E-state index contributed by atoms with van der Waals surface area (Å²) >= 11 is 0. The number of sulfonamides is 1. The molecule has 0 N–H and O–H groups in total. The minimum atomic E-state index is -4.60. The molecule has 1 atom stereocenters. The first-order valence-corrected chi connectivity index (χ1v) is 14.1. The van der Waals surface area contributed by atoms with Crippen LogP contribution in [0.5, 0.6) is 0 Å². The molecular formula is C26H31F3N6O4S. The van der Waals surface area contributed by atoms with E-state index in [1.54, 1.807) is 52.1 Å². The van der Waals surface area contributed by atoms with Crippen LogP contribution in [0.2, 0.25) is 0 Å². The number of aromatic nitrogens is 4. The first kappa shape index (κ1) is 29.5. The highest BCUT2D eigenvalue weighted by atomic mass is 32.2. The molecule has 1 aliphatic rings. The van der Waals surface area contributed by atoms with Gasteiger partial charge in [0.25, 0.3) is 0 Å². The van der Waals surface area contributed by atoms with Crippen LogP contribution in [0.15, 0.2) is 53.4 Å². The fourth-order valence-corrected chi connectivity index (χ4v) is 6.09. The summed E-state index contributed by atoms with van der Waals surface area (Å²) in [6.07, 6.45) is -4.16. The predicted octanol–water partition coefficient (Wildman–Crippen LogP) is 4.49.